The Morgan fingerprint density at radius 3 is 2.67 bits per heavy atom. The van der Waals surface area contributed by atoms with E-state index in [1.54, 1.807) is 0 Å². The zero-order chi connectivity index (χ0) is 23.8. The summed E-state index contributed by atoms with van der Waals surface area (Å²) < 4.78 is 11.8. The number of rotatable bonds is 10. The van der Waals surface area contributed by atoms with E-state index in [0.29, 0.717) is 25.9 Å². The zero-order valence-corrected chi connectivity index (χ0v) is 19.8. The number of pyridine rings is 1. The van der Waals surface area contributed by atoms with Gasteiger partial charge in [0.15, 0.2) is 0 Å². The van der Waals surface area contributed by atoms with Gasteiger partial charge in [0.05, 0.1) is 31.5 Å². The molecule has 8 heteroatoms. The van der Waals surface area contributed by atoms with Gasteiger partial charge in [-0.05, 0) is 68.9 Å². The third kappa shape index (κ3) is 5.88. The summed E-state index contributed by atoms with van der Waals surface area (Å²) in [5.41, 5.74) is 7.01. The molecule has 3 aromatic heterocycles. The van der Waals surface area contributed by atoms with Gasteiger partial charge in [-0.1, -0.05) is 6.92 Å². The molecule has 0 saturated heterocycles. The van der Waals surface area contributed by atoms with Crippen LogP contribution in [0.3, 0.4) is 0 Å². The van der Waals surface area contributed by atoms with E-state index in [1.807, 2.05) is 30.8 Å². The molecule has 176 valence electrons. The number of hydrogen-bond acceptors (Lipinski definition) is 6. The van der Waals surface area contributed by atoms with Crippen molar-refractivity contribution in [1.29, 1.82) is 0 Å². The van der Waals surface area contributed by atoms with Crippen LogP contribution in [0.25, 0.3) is 16.6 Å². The Hall–Kier alpha value is -3.42. The fourth-order valence-corrected chi connectivity index (χ4v) is 3.98. The number of fused-ring (bicyclic) bond motifs is 1. The first-order valence-corrected chi connectivity index (χ1v) is 11.4. The minimum Gasteiger partial charge on any atom is -0.466 e. The van der Waals surface area contributed by atoms with E-state index in [4.69, 9.17) is 14.6 Å². The van der Waals surface area contributed by atoms with Crippen LogP contribution in [-0.2, 0) is 33.7 Å². The van der Waals surface area contributed by atoms with Crippen LogP contribution >= 0.6 is 0 Å². The van der Waals surface area contributed by atoms with Crippen molar-refractivity contribution in [3.63, 3.8) is 0 Å². The second-order valence-corrected chi connectivity index (χ2v) is 7.88. The van der Waals surface area contributed by atoms with Gasteiger partial charge < -0.3 is 14.8 Å². The average molecular weight is 453 g/mol. The number of aromatic nitrogens is 3. The van der Waals surface area contributed by atoms with Crippen molar-refractivity contribution in [1.82, 2.24) is 19.9 Å². The molecule has 0 aliphatic rings. The third-order valence-electron chi connectivity index (χ3n) is 5.54. The molecule has 3 rings (SSSR count). The Kier molecular flexibility index (Phi) is 8.40. The van der Waals surface area contributed by atoms with Gasteiger partial charge in [-0.3, -0.25) is 9.78 Å². The quantitative estimate of drug-likeness (QED) is 0.362. The molecular weight excluding hydrogens is 420 g/mol. The van der Waals surface area contributed by atoms with Gasteiger partial charge >= 0.3 is 12.1 Å². The lowest BCUT2D eigenvalue weighted by Gasteiger charge is -2.18. The Bertz CT molecular complexity index is 1120. The highest BCUT2D eigenvalue weighted by atomic mass is 16.5. The lowest BCUT2D eigenvalue weighted by atomic mass is 9.94. The largest absolute Gasteiger partial charge is 0.466 e. The number of nitrogens with zero attached hydrogens (tertiary/aromatic N) is 3. The molecule has 0 radical (unpaired) electrons. The molecule has 0 bridgehead atoms. The third-order valence-corrected chi connectivity index (χ3v) is 5.54. The Labute approximate surface area is 194 Å². The molecule has 33 heavy (non-hydrogen) atoms. The smallest absolute Gasteiger partial charge is 0.407 e. The minimum absolute atomic E-state index is 0.180. The Balaban J connectivity index is 2.06. The van der Waals surface area contributed by atoms with E-state index in [2.05, 4.69) is 35.4 Å². The van der Waals surface area contributed by atoms with Crippen LogP contribution in [0, 0.1) is 6.92 Å². The van der Waals surface area contributed by atoms with Gasteiger partial charge in [-0.2, -0.15) is 5.10 Å². The lowest BCUT2D eigenvalue weighted by Crippen LogP contribution is -2.24. The summed E-state index contributed by atoms with van der Waals surface area (Å²) in [4.78, 5) is 28.0. The molecule has 0 aliphatic carbocycles. The van der Waals surface area contributed by atoms with Crippen LogP contribution in [0.1, 0.15) is 55.6 Å². The molecule has 0 unspecified atom stereocenters. The number of nitrogens with one attached hydrogen (secondary N) is 1. The number of carbonyl (C=O) groups excluding carboxylic acids is 2. The number of esters is 1. The fraction of sp³-hybridized carbons (Fsp3) is 0.440. The van der Waals surface area contributed by atoms with Gasteiger partial charge in [0.1, 0.15) is 0 Å². The molecule has 3 aromatic rings. The number of aryl methyl sites for hydroxylation is 2. The van der Waals surface area contributed by atoms with Crippen molar-refractivity contribution in [2.24, 2.45) is 0 Å². The van der Waals surface area contributed by atoms with Gasteiger partial charge in [0.2, 0.25) is 0 Å². The van der Waals surface area contributed by atoms with Gasteiger partial charge in [0, 0.05) is 35.6 Å². The maximum absolute atomic E-state index is 11.8. The second kappa shape index (κ2) is 11.4. The summed E-state index contributed by atoms with van der Waals surface area (Å²) in [5.74, 6) is -0.180. The van der Waals surface area contributed by atoms with E-state index in [9.17, 15) is 9.59 Å². The van der Waals surface area contributed by atoms with Crippen molar-refractivity contribution in [3.8, 4) is 11.1 Å². The zero-order valence-electron chi connectivity index (χ0n) is 19.8. The molecule has 3 heterocycles. The number of methoxy groups -OCH3 is 1. The highest BCUT2D eigenvalue weighted by Gasteiger charge is 2.19. The number of amides is 1. The average Bonchev–Trinajstić information content (AvgIpc) is 3.22. The van der Waals surface area contributed by atoms with E-state index in [0.717, 1.165) is 52.0 Å². The molecule has 0 fully saturated rings. The van der Waals surface area contributed by atoms with Crippen LogP contribution in [0.2, 0.25) is 0 Å². The molecule has 1 amide bonds. The lowest BCUT2D eigenvalue weighted by molar-refractivity contribution is -0.143. The molecule has 0 aliphatic heterocycles. The maximum Gasteiger partial charge on any atom is 0.407 e. The summed E-state index contributed by atoms with van der Waals surface area (Å²) in [6.45, 7) is 6.55. The van der Waals surface area contributed by atoms with Gasteiger partial charge in [-0.15, -0.1) is 0 Å². The summed E-state index contributed by atoms with van der Waals surface area (Å²) in [7, 11) is 1.34. The highest BCUT2D eigenvalue weighted by Crippen LogP contribution is 2.33. The number of carbonyl (C=O) groups is 2. The second-order valence-electron chi connectivity index (χ2n) is 7.88. The van der Waals surface area contributed by atoms with Crippen molar-refractivity contribution >= 4 is 17.6 Å². The highest BCUT2D eigenvalue weighted by molar-refractivity contribution is 5.84. The van der Waals surface area contributed by atoms with Crippen molar-refractivity contribution in [2.45, 2.75) is 59.4 Å². The molecule has 0 spiro atoms. The standard InChI is InChI=1S/C25H32N4O4/c1-5-19-11-12-22-24(18-13-17(3)14-26-15-18)20(9-7-8-10-23(30)33-6-2)21(28-29(19)22)16-27-25(31)32-4/h11-15H,5-10,16H2,1-4H3,(H,27,31). The number of ether oxygens (including phenoxy) is 2. The first-order chi connectivity index (χ1) is 16.0. The predicted octanol–water partition coefficient (Wildman–Crippen LogP) is 4.40. The molecule has 0 saturated carbocycles. The van der Waals surface area contributed by atoms with Crippen LogP contribution in [0.15, 0.2) is 30.6 Å². The first kappa shape index (κ1) is 24.2. The Morgan fingerprint density at radius 1 is 1.15 bits per heavy atom. The summed E-state index contributed by atoms with van der Waals surface area (Å²) in [6.07, 6.45) is 6.59. The van der Waals surface area contributed by atoms with E-state index in [1.165, 1.54) is 7.11 Å². The Morgan fingerprint density at radius 2 is 1.97 bits per heavy atom. The molecule has 0 aromatic carbocycles. The van der Waals surface area contributed by atoms with Crippen LogP contribution in [-0.4, -0.2) is 40.4 Å². The summed E-state index contributed by atoms with van der Waals surface area (Å²) >= 11 is 0. The van der Waals surface area contributed by atoms with Crippen molar-refractivity contribution in [3.05, 3.63) is 53.1 Å². The molecule has 1 N–H and O–H groups in total. The van der Waals surface area contributed by atoms with Gasteiger partial charge in [-0.25, -0.2) is 9.31 Å². The van der Waals surface area contributed by atoms with E-state index >= 15 is 0 Å². The van der Waals surface area contributed by atoms with Crippen LogP contribution in [0.4, 0.5) is 4.79 Å². The first-order valence-electron chi connectivity index (χ1n) is 11.4. The van der Waals surface area contributed by atoms with Crippen molar-refractivity contribution < 1.29 is 19.1 Å². The molecule has 8 nitrogen and oxygen atoms in total. The summed E-state index contributed by atoms with van der Waals surface area (Å²) in [6, 6.07) is 6.28. The number of hydrogen-bond donors (Lipinski definition) is 1. The van der Waals surface area contributed by atoms with Gasteiger partial charge in [0.25, 0.3) is 0 Å². The van der Waals surface area contributed by atoms with E-state index < -0.39 is 6.09 Å². The molecular formula is C25H32N4O4. The SMILES string of the molecule is CCOC(=O)CCCCc1c(CNC(=O)OC)nn2c(CC)ccc2c1-c1cncc(C)c1. The monoisotopic (exact) mass is 452 g/mol. The van der Waals surface area contributed by atoms with Crippen LogP contribution < -0.4 is 5.32 Å². The van der Waals surface area contributed by atoms with E-state index in [-0.39, 0.29) is 12.5 Å². The van der Waals surface area contributed by atoms with Crippen LogP contribution in [0.5, 0.6) is 0 Å². The topological polar surface area (TPSA) is 94.8 Å². The van der Waals surface area contributed by atoms with Crippen molar-refractivity contribution in [2.75, 3.05) is 13.7 Å². The predicted molar refractivity (Wildman–Crippen MR) is 126 cm³/mol. The number of unbranched alkanes of at least 4 members (excludes halogenated alkanes) is 1. The minimum atomic E-state index is -0.507. The normalized spacial score (nSPS) is 10.9. The number of alkyl carbamates (subject to hydrolysis) is 1. The fourth-order valence-electron chi connectivity index (χ4n) is 3.98. The molecule has 0 atom stereocenters. The summed E-state index contributed by atoms with van der Waals surface area (Å²) in [5, 5.41) is 7.67. The maximum atomic E-state index is 11.8.